The van der Waals surface area contributed by atoms with E-state index in [1.54, 1.807) is 6.20 Å². The van der Waals surface area contributed by atoms with Crippen molar-refractivity contribution in [1.29, 1.82) is 0 Å². The molecule has 0 fully saturated rings. The Morgan fingerprint density at radius 2 is 1.82 bits per heavy atom. The first kappa shape index (κ1) is 13.9. The maximum absolute atomic E-state index is 5.75. The maximum atomic E-state index is 5.75. The highest BCUT2D eigenvalue weighted by molar-refractivity contribution is 5.45. The standard InChI is InChI=1S/C13H24N4/c1-3-5-9-17(10-6-4-2)13-12(11-14)7-8-15-16-13/h7-8H,3-6,9-11,14H2,1-2H3. The van der Waals surface area contributed by atoms with Gasteiger partial charge in [-0.2, -0.15) is 5.10 Å². The van der Waals surface area contributed by atoms with E-state index in [1.165, 1.54) is 25.7 Å². The molecule has 0 radical (unpaired) electrons. The number of nitrogens with zero attached hydrogens (tertiary/aromatic N) is 3. The molecule has 0 aliphatic carbocycles. The summed E-state index contributed by atoms with van der Waals surface area (Å²) in [5.41, 5.74) is 6.84. The van der Waals surface area contributed by atoms with E-state index in [-0.39, 0.29) is 0 Å². The molecule has 0 aliphatic heterocycles. The SMILES string of the molecule is CCCCN(CCCC)c1nnccc1CN. The second-order valence-corrected chi connectivity index (χ2v) is 4.28. The monoisotopic (exact) mass is 236 g/mol. The van der Waals surface area contributed by atoms with Crippen LogP contribution in [0.3, 0.4) is 0 Å². The zero-order valence-corrected chi connectivity index (χ0v) is 11.0. The van der Waals surface area contributed by atoms with Gasteiger partial charge in [0.2, 0.25) is 0 Å². The van der Waals surface area contributed by atoms with Crippen LogP contribution in [0.25, 0.3) is 0 Å². The molecule has 4 heteroatoms. The fourth-order valence-corrected chi connectivity index (χ4v) is 1.80. The number of nitrogens with two attached hydrogens (primary N) is 1. The average Bonchev–Trinajstić information content (AvgIpc) is 2.39. The highest BCUT2D eigenvalue weighted by atomic mass is 15.3. The molecule has 0 aliphatic rings. The summed E-state index contributed by atoms with van der Waals surface area (Å²) in [5.74, 6) is 0.969. The molecule has 1 aromatic rings. The van der Waals surface area contributed by atoms with E-state index in [9.17, 15) is 0 Å². The van der Waals surface area contributed by atoms with E-state index in [0.29, 0.717) is 6.54 Å². The minimum Gasteiger partial charge on any atom is -0.355 e. The zero-order chi connectivity index (χ0) is 12.5. The molecule has 0 atom stereocenters. The first-order valence-electron chi connectivity index (χ1n) is 6.59. The normalized spacial score (nSPS) is 10.5. The first-order chi connectivity index (χ1) is 8.33. The molecular formula is C13H24N4. The number of hydrogen-bond donors (Lipinski definition) is 1. The molecule has 1 rings (SSSR count). The summed E-state index contributed by atoms with van der Waals surface area (Å²) in [7, 11) is 0. The van der Waals surface area contributed by atoms with Crippen molar-refractivity contribution in [2.75, 3.05) is 18.0 Å². The second-order valence-electron chi connectivity index (χ2n) is 4.28. The number of hydrogen-bond acceptors (Lipinski definition) is 4. The van der Waals surface area contributed by atoms with Crippen molar-refractivity contribution in [2.45, 2.75) is 46.1 Å². The largest absolute Gasteiger partial charge is 0.355 e. The molecule has 1 aromatic heterocycles. The number of unbranched alkanes of at least 4 members (excludes halogenated alkanes) is 2. The van der Waals surface area contributed by atoms with Crippen LogP contribution in [0, 0.1) is 0 Å². The van der Waals surface area contributed by atoms with Crippen LogP contribution in [0.4, 0.5) is 5.82 Å². The van der Waals surface area contributed by atoms with Crippen LogP contribution in [0.5, 0.6) is 0 Å². The van der Waals surface area contributed by atoms with Crippen LogP contribution < -0.4 is 10.6 Å². The summed E-state index contributed by atoms with van der Waals surface area (Å²) in [6.45, 7) is 7.03. The Hall–Kier alpha value is -1.16. The summed E-state index contributed by atoms with van der Waals surface area (Å²) >= 11 is 0. The molecular weight excluding hydrogens is 212 g/mol. The van der Waals surface area contributed by atoms with Crippen LogP contribution >= 0.6 is 0 Å². The molecule has 0 bridgehead atoms. The molecule has 0 amide bonds. The Bertz CT molecular complexity index is 306. The lowest BCUT2D eigenvalue weighted by molar-refractivity contribution is 0.663. The number of rotatable bonds is 8. The second kappa shape index (κ2) is 8.01. The van der Waals surface area contributed by atoms with Gasteiger partial charge in [-0.05, 0) is 18.9 Å². The molecule has 96 valence electrons. The molecule has 4 nitrogen and oxygen atoms in total. The average molecular weight is 236 g/mol. The highest BCUT2D eigenvalue weighted by Gasteiger charge is 2.11. The third-order valence-corrected chi connectivity index (χ3v) is 2.86. The number of aromatic nitrogens is 2. The van der Waals surface area contributed by atoms with E-state index in [0.717, 1.165) is 24.5 Å². The molecule has 0 saturated heterocycles. The van der Waals surface area contributed by atoms with Crippen LogP contribution in [0.2, 0.25) is 0 Å². The predicted octanol–water partition coefficient (Wildman–Crippen LogP) is 2.34. The minimum absolute atomic E-state index is 0.527. The van der Waals surface area contributed by atoms with Crippen molar-refractivity contribution in [1.82, 2.24) is 10.2 Å². The minimum atomic E-state index is 0.527. The van der Waals surface area contributed by atoms with Gasteiger partial charge in [0.15, 0.2) is 5.82 Å². The Balaban J connectivity index is 2.78. The Morgan fingerprint density at radius 1 is 1.18 bits per heavy atom. The molecule has 17 heavy (non-hydrogen) atoms. The van der Waals surface area contributed by atoms with Crippen LogP contribution in [0.15, 0.2) is 12.3 Å². The molecule has 0 unspecified atom stereocenters. The molecule has 2 N–H and O–H groups in total. The number of anilines is 1. The van der Waals surface area contributed by atoms with Gasteiger partial charge in [0.1, 0.15) is 0 Å². The Kier molecular flexibility index (Phi) is 6.55. The fourth-order valence-electron chi connectivity index (χ4n) is 1.80. The van der Waals surface area contributed by atoms with Gasteiger partial charge in [-0.3, -0.25) is 0 Å². The van der Waals surface area contributed by atoms with E-state index in [4.69, 9.17) is 5.73 Å². The molecule has 1 heterocycles. The summed E-state index contributed by atoms with van der Waals surface area (Å²) in [5, 5.41) is 8.23. The topological polar surface area (TPSA) is 55.0 Å². The van der Waals surface area contributed by atoms with Crippen molar-refractivity contribution in [3.05, 3.63) is 17.8 Å². The van der Waals surface area contributed by atoms with Gasteiger partial charge in [0, 0.05) is 25.2 Å². The predicted molar refractivity (Wildman–Crippen MR) is 72.0 cm³/mol. The van der Waals surface area contributed by atoms with Gasteiger partial charge < -0.3 is 10.6 Å². The summed E-state index contributed by atoms with van der Waals surface area (Å²) in [6, 6.07) is 1.97. The zero-order valence-electron chi connectivity index (χ0n) is 11.0. The van der Waals surface area contributed by atoms with Crippen LogP contribution in [-0.4, -0.2) is 23.3 Å². The molecule has 0 saturated carbocycles. The quantitative estimate of drug-likeness (QED) is 0.752. The highest BCUT2D eigenvalue weighted by Crippen LogP contribution is 2.17. The van der Waals surface area contributed by atoms with Crippen molar-refractivity contribution in [3.8, 4) is 0 Å². The van der Waals surface area contributed by atoms with Gasteiger partial charge >= 0.3 is 0 Å². The summed E-state index contributed by atoms with van der Waals surface area (Å²) in [4.78, 5) is 2.32. The van der Waals surface area contributed by atoms with E-state index < -0.39 is 0 Å². The molecule has 0 spiro atoms. The fraction of sp³-hybridized carbons (Fsp3) is 0.692. The van der Waals surface area contributed by atoms with Gasteiger partial charge in [-0.15, -0.1) is 5.10 Å². The lowest BCUT2D eigenvalue weighted by atomic mass is 10.2. The van der Waals surface area contributed by atoms with Crippen molar-refractivity contribution in [2.24, 2.45) is 5.73 Å². The van der Waals surface area contributed by atoms with Gasteiger partial charge in [-0.1, -0.05) is 26.7 Å². The lowest BCUT2D eigenvalue weighted by Crippen LogP contribution is -2.28. The van der Waals surface area contributed by atoms with E-state index >= 15 is 0 Å². The Morgan fingerprint density at radius 3 is 2.35 bits per heavy atom. The van der Waals surface area contributed by atoms with E-state index in [1.807, 2.05) is 6.07 Å². The lowest BCUT2D eigenvalue weighted by Gasteiger charge is -2.24. The smallest absolute Gasteiger partial charge is 0.155 e. The maximum Gasteiger partial charge on any atom is 0.155 e. The van der Waals surface area contributed by atoms with Gasteiger partial charge in [0.25, 0.3) is 0 Å². The summed E-state index contributed by atoms with van der Waals surface area (Å²) < 4.78 is 0. The third kappa shape index (κ3) is 4.30. The van der Waals surface area contributed by atoms with Gasteiger partial charge in [0.05, 0.1) is 6.20 Å². The van der Waals surface area contributed by atoms with Crippen molar-refractivity contribution < 1.29 is 0 Å². The first-order valence-corrected chi connectivity index (χ1v) is 6.59. The summed E-state index contributed by atoms with van der Waals surface area (Å²) in [6.07, 6.45) is 6.47. The van der Waals surface area contributed by atoms with Gasteiger partial charge in [-0.25, -0.2) is 0 Å². The van der Waals surface area contributed by atoms with Crippen LogP contribution in [-0.2, 0) is 6.54 Å². The van der Waals surface area contributed by atoms with E-state index in [2.05, 4.69) is 28.9 Å². The molecule has 0 aromatic carbocycles. The third-order valence-electron chi connectivity index (χ3n) is 2.86. The van der Waals surface area contributed by atoms with Crippen LogP contribution in [0.1, 0.15) is 45.1 Å². The van der Waals surface area contributed by atoms with Crippen molar-refractivity contribution in [3.63, 3.8) is 0 Å². The Labute approximate surface area is 104 Å². The van der Waals surface area contributed by atoms with Crippen molar-refractivity contribution >= 4 is 5.82 Å².